The first-order chi connectivity index (χ1) is 7.11. The molecule has 1 rings (SSSR count). The lowest BCUT2D eigenvalue weighted by atomic mass is 10.2. The van der Waals surface area contributed by atoms with Crippen molar-refractivity contribution in [1.29, 1.82) is 0 Å². The molecule has 1 nitrogen and oxygen atoms in total. The fraction of sp³-hybridized carbons (Fsp3) is 0.417. The molecule has 0 heterocycles. The second-order valence-corrected chi connectivity index (χ2v) is 4.29. The molecule has 0 amide bonds. The molecule has 0 aliphatic rings. The topological polar surface area (TPSA) is 12.0 Å². The van der Waals surface area contributed by atoms with Crippen LogP contribution in [0.1, 0.15) is 25.0 Å². The number of thiol groups is 1. The lowest BCUT2D eigenvalue weighted by Gasteiger charge is -1.95. The molecule has 0 unspecified atom stereocenters. The molecule has 0 fully saturated rings. The Morgan fingerprint density at radius 3 is 1.93 bits per heavy atom. The average Bonchev–Trinajstić information content (AvgIpc) is 2.20. The summed E-state index contributed by atoms with van der Waals surface area (Å²) >= 11 is 8.92. The van der Waals surface area contributed by atoms with Gasteiger partial charge in [-0.1, -0.05) is 55.9 Å². The summed E-state index contributed by atoms with van der Waals surface area (Å²) in [6, 6.07) is 8.01. The summed E-state index contributed by atoms with van der Waals surface area (Å²) in [5.41, 5.74) is 2.26. The van der Waals surface area contributed by atoms with Gasteiger partial charge in [0.05, 0.1) is 4.20 Å². The van der Waals surface area contributed by atoms with Crippen molar-refractivity contribution in [2.75, 3.05) is 13.1 Å². The van der Waals surface area contributed by atoms with Crippen LogP contribution in [0.4, 0.5) is 0 Å². The predicted octanol–water partition coefficient (Wildman–Crippen LogP) is 3.22. The van der Waals surface area contributed by atoms with Crippen LogP contribution in [0.5, 0.6) is 0 Å². The van der Waals surface area contributed by atoms with Crippen LogP contribution in [-0.4, -0.2) is 17.3 Å². The van der Waals surface area contributed by atoms with E-state index in [2.05, 4.69) is 31.8 Å². The van der Waals surface area contributed by atoms with Gasteiger partial charge in [0.15, 0.2) is 0 Å². The Kier molecular flexibility index (Phi) is 8.67. The first kappa shape index (κ1) is 14.6. The van der Waals surface area contributed by atoms with Gasteiger partial charge in [-0.05, 0) is 25.6 Å². The fourth-order valence-electron chi connectivity index (χ4n) is 0.946. The average molecular weight is 241 g/mol. The molecule has 84 valence electrons. The normalized spacial score (nSPS) is 9.07. The number of nitrogens with one attached hydrogen (secondary N) is 1. The molecular weight excluding hydrogens is 222 g/mol. The third-order valence-corrected chi connectivity index (χ3v) is 2.29. The first-order valence-electron chi connectivity index (χ1n) is 5.12. The van der Waals surface area contributed by atoms with Gasteiger partial charge in [0.25, 0.3) is 0 Å². The second-order valence-electron chi connectivity index (χ2n) is 3.13. The lowest BCUT2D eigenvalue weighted by Crippen LogP contribution is -2.09. The Balaban J connectivity index is 0.000000336. The van der Waals surface area contributed by atoms with E-state index in [0.29, 0.717) is 4.20 Å². The molecule has 0 atom stereocenters. The second kappa shape index (κ2) is 8.89. The predicted molar refractivity (Wildman–Crippen MR) is 76.1 cm³/mol. The van der Waals surface area contributed by atoms with Crippen LogP contribution < -0.4 is 5.32 Å². The van der Waals surface area contributed by atoms with Gasteiger partial charge in [-0.25, -0.2) is 0 Å². The van der Waals surface area contributed by atoms with E-state index in [-0.39, 0.29) is 0 Å². The van der Waals surface area contributed by atoms with Gasteiger partial charge in [0.2, 0.25) is 0 Å². The largest absolute Gasteiger partial charge is 0.317 e. The maximum absolute atomic E-state index is 4.87. The van der Waals surface area contributed by atoms with Gasteiger partial charge in [-0.15, -0.1) is 12.6 Å². The monoisotopic (exact) mass is 241 g/mol. The molecular formula is C12H19NS2. The summed E-state index contributed by atoms with van der Waals surface area (Å²) < 4.78 is 0.653. The lowest BCUT2D eigenvalue weighted by molar-refractivity contribution is 0.762. The van der Waals surface area contributed by atoms with Crippen molar-refractivity contribution >= 4 is 29.0 Å². The van der Waals surface area contributed by atoms with Crippen LogP contribution >= 0.6 is 24.8 Å². The Morgan fingerprint density at radius 1 is 1.20 bits per heavy atom. The van der Waals surface area contributed by atoms with Crippen molar-refractivity contribution in [2.24, 2.45) is 0 Å². The number of aryl methyl sites for hydroxylation is 1. The number of thiocarbonyl (C=S) groups is 1. The molecule has 0 aliphatic heterocycles. The highest BCUT2D eigenvalue weighted by Crippen LogP contribution is 2.06. The Morgan fingerprint density at radius 2 is 1.67 bits per heavy atom. The zero-order valence-corrected chi connectivity index (χ0v) is 11.3. The van der Waals surface area contributed by atoms with Crippen LogP contribution in [0.15, 0.2) is 24.3 Å². The van der Waals surface area contributed by atoms with Gasteiger partial charge in [-0.2, -0.15) is 0 Å². The van der Waals surface area contributed by atoms with Crippen molar-refractivity contribution in [1.82, 2.24) is 5.32 Å². The van der Waals surface area contributed by atoms with Gasteiger partial charge in [-0.3, -0.25) is 0 Å². The molecule has 1 N–H and O–H groups in total. The first-order valence-corrected chi connectivity index (χ1v) is 5.98. The van der Waals surface area contributed by atoms with Crippen molar-refractivity contribution in [2.45, 2.75) is 20.8 Å². The third-order valence-electron chi connectivity index (χ3n) is 1.80. The summed E-state index contributed by atoms with van der Waals surface area (Å²) in [5.74, 6) is 0. The van der Waals surface area contributed by atoms with Crippen LogP contribution in [0, 0.1) is 6.92 Å². The van der Waals surface area contributed by atoms with Gasteiger partial charge >= 0.3 is 0 Å². The van der Waals surface area contributed by atoms with E-state index in [1.54, 1.807) is 0 Å². The minimum Gasteiger partial charge on any atom is -0.317 e. The van der Waals surface area contributed by atoms with E-state index in [1.807, 2.05) is 31.2 Å². The van der Waals surface area contributed by atoms with E-state index in [0.717, 1.165) is 18.7 Å². The standard InChI is InChI=1S/C8H8S2.C4H11N/c1-6-2-4-7(5-3-6)8(9)10;1-3-5-4-2/h2-5H,1H3,(H,9,10);5H,3-4H2,1-2H3. The highest BCUT2D eigenvalue weighted by atomic mass is 32.1. The quantitative estimate of drug-likeness (QED) is 0.622. The highest BCUT2D eigenvalue weighted by Gasteiger charge is 1.92. The fourth-order valence-corrected chi connectivity index (χ4v) is 1.23. The van der Waals surface area contributed by atoms with Crippen molar-refractivity contribution < 1.29 is 0 Å². The van der Waals surface area contributed by atoms with E-state index < -0.39 is 0 Å². The molecule has 0 radical (unpaired) electrons. The highest BCUT2D eigenvalue weighted by molar-refractivity contribution is 8.11. The minimum atomic E-state index is 0.653. The molecule has 0 bridgehead atoms. The van der Waals surface area contributed by atoms with Crippen molar-refractivity contribution in [3.05, 3.63) is 35.4 Å². The Hall–Kier alpha value is -0.380. The number of benzene rings is 1. The van der Waals surface area contributed by atoms with E-state index in [1.165, 1.54) is 5.56 Å². The molecule has 3 heteroatoms. The van der Waals surface area contributed by atoms with Gasteiger partial charge in [0.1, 0.15) is 0 Å². The number of hydrogen-bond acceptors (Lipinski definition) is 2. The summed E-state index contributed by atoms with van der Waals surface area (Å²) in [5, 5.41) is 3.11. The van der Waals surface area contributed by atoms with E-state index in [9.17, 15) is 0 Å². The molecule has 0 saturated carbocycles. The summed E-state index contributed by atoms with van der Waals surface area (Å²) in [4.78, 5) is 0. The van der Waals surface area contributed by atoms with Crippen LogP contribution in [0.3, 0.4) is 0 Å². The number of hydrogen-bond donors (Lipinski definition) is 2. The third kappa shape index (κ3) is 7.54. The summed E-state index contributed by atoms with van der Waals surface area (Å²) in [6.07, 6.45) is 0. The smallest absolute Gasteiger partial charge is 0.0747 e. The zero-order chi connectivity index (χ0) is 11.7. The maximum atomic E-state index is 4.87. The molecule has 15 heavy (non-hydrogen) atoms. The van der Waals surface area contributed by atoms with Gasteiger partial charge < -0.3 is 5.32 Å². The zero-order valence-electron chi connectivity index (χ0n) is 9.58. The summed E-state index contributed by atoms with van der Waals surface area (Å²) in [6.45, 7) is 8.44. The summed E-state index contributed by atoms with van der Waals surface area (Å²) in [7, 11) is 0. The Bertz CT molecular complexity index is 278. The van der Waals surface area contributed by atoms with Crippen LogP contribution in [-0.2, 0) is 0 Å². The van der Waals surface area contributed by atoms with Gasteiger partial charge in [0, 0.05) is 0 Å². The van der Waals surface area contributed by atoms with E-state index >= 15 is 0 Å². The van der Waals surface area contributed by atoms with Crippen molar-refractivity contribution in [3.8, 4) is 0 Å². The van der Waals surface area contributed by atoms with Crippen LogP contribution in [0.25, 0.3) is 0 Å². The molecule has 1 aromatic rings. The number of rotatable bonds is 3. The van der Waals surface area contributed by atoms with Crippen molar-refractivity contribution in [3.63, 3.8) is 0 Å². The SMILES string of the molecule is CCNCC.Cc1ccc(C(=S)S)cc1. The molecule has 1 aromatic carbocycles. The molecule has 0 spiro atoms. The molecule has 0 aliphatic carbocycles. The minimum absolute atomic E-state index is 0.653. The molecule has 0 saturated heterocycles. The Labute approximate surface area is 104 Å². The van der Waals surface area contributed by atoms with Crippen LogP contribution in [0.2, 0.25) is 0 Å². The van der Waals surface area contributed by atoms with E-state index in [4.69, 9.17) is 12.2 Å². The molecule has 0 aromatic heterocycles. The maximum Gasteiger partial charge on any atom is 0.0747 e.